The third kappa shape index (κ3) is 2.50. The number of nitrogens with two attached hydrogens (primary N) is 2. The quantitative estimate of drug-likeness (QED) is 0.551. The van der Waals surface area contributed by atoms with Gasteiger partial charge < -0.3 is 15.6 Å². The van der Waals surface area contributed by atoms with Gasteiger partial charge in [-0.2, -0.15) is 4.98 Å². The Hall–Kier alpha value is -1.29. The molecule has 0 amide bonds. The molecule has 5 N–H and O–H groups in total. The van der Waals surface area contributed by atoms with E-state index in [4.69, 9.17) is 25.0 Å². The fourth-order valence-electron chi connectivity index (χ4n) is 2.51. The van der Waals surface area contributed by atoms with Crippen molar-refractivity contribution in [3.63, 3.8) is 0 Å². The summed E-state index contributed by atoms with van der Waals surface area (Å²) < 4.78 is 28.5. The highest BCUT2D eigenvalue weighted by Crippen LogP contribution is 2.52. The molecule has 0 saturated carbocycles. The molecule has 2 aliphatic rings. The van der Waals surface area contributed by atoms with Crippen LogP contribution in [0.25, 0.3) is 0 Å². The normalized spacial score (nSPS) is 42.7. The maximum absolute atomic E-state index is 11.8. The number of aliphatic hydroxyl groups is 1. The van der Waals surface area contributed by atoms with Crippen molar-refractivity contribution in [2.45, 2.75) is 37.6 Å². The van der Waals surface area contributed by atoms with Crippen LogP contribution in [0, 0.1) is 0 Å². The predicted molar refractivity (Wildman–Crippen MR) is 70.0 cm³/mol. The van der Waals surface area contributed by atoms with Gasteiger partial charge in [-0.15, -0.1) is 0 Å². The Kier molecular flexibility index (Phi) is 3.40. The molecule has 0 bridgehead atoms. The lowest BCUT2D eigenvalue weighted by Crippen LogP contribution is -2.45. The molecule has 116 valence electrons. The maximum atomic E-state index is 11.8. The van der Waals surface area contributed by atoms with Gasteiger partial charge in [0.15, 0.2) is 6.23 Å². The van der Waals surface area contributed by atoms with E-state index in [2.05, 4.69) is 4.98 Å². The van der Waals surface area contributed by atoms with Gasteiger partial charge in [0.2, 0.25) is 0 Å². The molecule has 6 atom stereocenters. The van der Waals surface area contributed by atoms with Gasteiger partial charge in [-0.25, -0.2) is 14.9 Å². The Morgan fingerprint density at radius 3 is 2.81 bits per heavy atom. The summed E-state index contributed by atoms with van der Waals surface area (Å²) in [6.07, 6.45) is -3.27. The number of rotatable bonds is 1. The van der Waals surface area contributed by atoms with Gasteiger partial charge in [-0.3, -0.25) is 13.6 Å². The fraction of sp³-hybridized carbons (Fsp3) is 0.600. The molecule has 0 spiro atoms. The molecule has 0 aromatic carbocycles. The average molecular weight is 318 g/mol. The first kappa shape index (κ1) is 14.6. The summed E-state index contributed by atoms with van der Waals surface area (Å²) in [4.78, 5) is 15.4. The molecular formula is C10H15N4O6P. The molecule has 11 heteroatoms. The van der Waals surface area contributed by atoms with Gasteiger partial charge >= 0.3 is 13.4 Å². The van der Waals surface area contributed by atoms with E-state index in [-0.39, 0.29) is 5.82 Å². The van der Waals surface area contributed by atoms with Crippen molar-refractivity contribution < 1.29 is 23.5 Å². The minimum Gasteiger partial charge on any atom is -0.386 e. The third-order valence-electron chi connectivity index (χ3n) is 3.42. The lowest BCUT2D eigenvalue weighted by Gasteiger charge is -2.33. The largest absolute Gasteiger partial charge is 0.403 e. The zero-order valence-corrected chi connectivity index (χ0v) is 11.9. The summed E-state index contributed by atoms with van der Waals surface area (Å²) in [5.74, 6) is 0.0561. The van der Waals surface area contributed by atoms with Crippen LogP contribution in [-0.4, -0.2) is 39.1 Å². The molecule has 2 unspecified atom stereocenters. The van der Waals surface area contributed by atoms with Crippen LogP contribution in [0.2, 0.25) is 0 Å². The second-order valence-corrected chi connectivity index (χ2v) is 6.45. The molecule has 2 aliphatic heterocycles. The highest BCUT2D eigenvalue weighted by atomic mass is 31.2. The number of aliphatic hydroxyl groups excluding tert-OH is 1. The summed E-state index contributed by atoms with van der Waals surface area (Å²) in [5, 5.41) is 10.3. The SMILES string of the molecule is CC1OP(N)(=O)O[C@H]2[C@H](O)[C@H](n3ccc(N)nc3=O)O[C@H]12. The first-order chi connectivity index (χ1) is 9.78. The summed E-state index contributed by atoms with van der Waals surface area (Å²) in [7, 11) is -3.75. The maximum Gasteiger partial charge on any atom is 0.403 e. The molecule has 3 heterocycles. The number of nitrogens with zero attached hydrogens (tertiary/aromatic N) is 2. The molecule has 1 aromatic heterocycles. The molecule has 21 heavy (non-hydrogen) atoms. The Morgan fingerprint density at radius 1 is 1.43 bits per heavy atom. The molecule has 3 rings (SSSR count). The summed E-state index contributed by atoms with van der Waals surface area (Å²) in [6.45, 7) is 1.60. The van der Waals surface area contributed by atoms with E-state index in [9.17, 15) is 14.5 Å². The van der Waals surface area contributed by atoms with Crippen LogP contribution in [0.15, 0.2) is 17.1 Å². The van der Waals surface area contributed by atoms with Crippen LogP contribution < -0.4 is 16.9 Å². The second-order valence-electron chi connectivity index (χ2n) is 4.94. The summed E-state index contributed by atoms with van der Waals surface area (Å²) in [5.41, 5.74) is 10.1. The van der Waals surface area contributed by atoms with E-state index in [1.807, 2.05) is 0 Å². The van der Waals surface area contributed by atoms with Crippen molar-refractivity contribution >= 4 is 13.6 Å². The van der Waals surface area contributed by atoms with Gasteiger partial charge in [-0.1, -0.05) is 0 Å². The number of hydrogen-bond donors (Lipinski definition) is 3. The number of ether oxygens (including phenoxy) is 1. The Labute approximate surface area is 119 Å². The number of hydrogen-bond acceptors (Lipinski definition) is 8. The number of aromatic nitrogens is 2. The van der Waals surface area contributed by atoms with Crippen molar-refractivity contribution in [2.24, 2.45) is 5.50 Å². The Bertz CT molecular complexity index is 665. The monoisotopic (exact) mass is 318 g/mol. The van der Waals surface area contributed by atoms with E-state index in [1.54, 1.807) is 6.92 Å². The van der Waals surface area contributed by atoms with Crippen molar-refractivity contribution in [1.82, 2.24) is 9.55 Å². The van der Waals surface area contributed by atoms with Gasteiger partial charge in [-0.05, 0) is 13.0 Å². The van der Waals surface area contributed by atoms with Crippen molar-refractivity contribution in [3.05, 3.63) is 22.7 Å². The van der Waals surface area contributed by atoms with Crippen LogP contribution in [0.5, 0.6) is 0 Å². The Balaban J connectivity index is 1.94. The summed E-state index contributed by atoms with van der Waals surface area (Å²) in [6, 6.07) is 1.40. The molecule has 2 fully saturated rings. The molecular weight excluding hydrogens is 303 g/mol. The Morgan fingerprint density at radius 2 is 2.14 bits per heavy atom. The second kappa shape index (κ2) is 4.87. The number of anilines is 1. The van der Waals surface area contributed by atoms with Crippen molar-refractivity contribution in [3.8, 4) is 0 Å². The van der Waals surface area contributed by atoms with Crippen molar-refractivity contribution in [2.75, 3.05) is 5.73 Å². The van der Waals surface area contributed by atoms with Crippen LogP contribution in [0.1, 0.15) is 13.2 Å². The van der Waals surface area contributed by atoms with Gasteiger partial charge in [0, 0.05) is 6.20 Å². The molecule has 0 aliphatic carbocycles. The molecule has 10 nitrogen and oxygen atoms in total. The average Bonchev–Trinajstić information content (AvgIpc) is 2.66. The predicted octanol–water partition coefficient (Wildman–Crippen LogP) is -1.05. The van der Waals surface area contributed by atoms with E-state index < -0.39 is 44.1 Å². The van der Waals surface area contributed by atoms with Crippen LogP contribution >= 0.6 is 7.75 Å². The first-order valence-corrected chi connectivity index (χ1v) is 7.83. The van der Waals surface area contributed by atoms with E-state index in [0.29, 0.717) is 0 Å². The standard InChI is InChI=1S/C10H15N4O6P/c1-4-7-8(20-21(12,17)19-4)6(15)9(18-7)14-3-2-5(11)13-10(14)16/h2-4,6-9,15H,1H3,(H2,12,17)(H2,11,13,16)/t4?,6-,7+,8-,9+,21?/m0/s1. The third-order valence-corrected chi connectivity index (χ3v) is 4.58. The van der Waals surface area contributed by atoms with Crippen LogP contribution in [0.4, 0.5) is 5.82 Å². The number of fused-ring (bicyclic) bond motifs is 1. The lowest BCUT2D eigenvalue weighted by atomic mass is 10.1. The van der Waals surface area contributed by atoms with Crippen molar-refractivity contribution in [1.29, 1.82) is 0 Å². The first-order valence-electron chi connectivity index (χ1n) is 6.22. The smallest absolute Gasteiger partial charge is 0.386 e. The van der Waals surface area contributed by atoms with Gasteiger partial charge in [0.25, 0.3) is 0 Å². The molecule has 1 aromatic rings. The zero-order valence-electron chi connectivity index (χ0n) is 11.0. The van der Waals surface area contributed by atoms with E-state index >= 15 is 0 Å². The van der Waals surface area contributed by atoms with Crippen LogP contribution in [-0.2, 0) is 18.3 Å². The summed E-state index contributed by atoms with van der Waals surface area (Å²) >= 11 is 0. The minimum atomic E-state index is -3.75. The molecule has 2 saturated heterocycles. The van der Waals surface area contributed by atoms with Gasteiger partial charge in [0.05, 0.1) is 6.10 Å². The number of nitrogen functional groups attached to an aromatic ring is 1. The van der Waals surface area contributed by atoms with Gasteiger partial charge in [0.1, 0.15) is 24.1 Å². The minimum absolute atomic E-state index is 0.0561. The highest BCUT2D eigenvalue weighted by Gasteiger charge is 2.54. The highest BCUT2D eigenvalue weighted by molar-refractivity contribution is 7.51. The van der Waals surface area contributed by atoms with Crippen LogP contribution in [0.3, 0.4) is 0 Å². The fourth-order valence-corrected chi connectivity index (χ4v) is 3.73. The topological polar surface area (TPSA) is 152 Å². The lowest BCUT2D eigenvalue weighted by molar-refractivity contribution is -0.0912. The van der Waals surface area contributed by atoms with E-state index in [0.717, 1.165) is 4.57 Å². The molecule has 0 radical (unpaired) electrons. The van der Waals surface area contributed by atoms with E-state index in [1.165, 1.54) is 12.3 Å². The zero-order chi connectivity index (χ0) is 15.4.